The molecule has 0 fully saturated rings. The molecule has 0 aliphatic carbocycles. The summed E-state index contributed by atoms with van der Waals surface area (Å²) in [6.45, 7) is 8.31. The van der Waals surface area contributed by atoms with Crippen molar-refractivity contribution in [1.82, 2.24) is 5.32 Å². The van der Waals surface area contributed by atoms with E-state index in [1.54, 1.807) is 24.3 Å². The Morgan fingerprint density at radius 3 is 2.48 bits per heavy atom. The summed E-state index contributed by atoms with van der Waals surface area (Å²) < 4.78 is 11.3. The van der Waals surface area contributed by atoms with Crippen molar-refractivity contribution in [3.8, 4) is 5.75 Å². The molecule has 2 aromatic carbocycles. The van der Waals surface area contributed by atoms with Crippen molar-refractivity contribution in [1.29, 1.82) is 0 Å². The van der Waals surface area contributed by atoms with Crippen LogP contribution in [0.1, 0.15) is 48.7 Å². The summed E-state index contributed by atoms with van der Waals surface area (Å²) >= 11 is 0. The van der Waals surface area contributed by atoms with Gasteiger partial charge in [0.05, 0.1) is 5.60 Å². The summed E-state index contributed by atoms with van der Waals surface area (Å²) in [7, 11) is 0. The zero-order valence-electron chi connectivity index (χ0n) is 17.4. The number of carboxylic acids is 1. The molecule has 1 unspecified atom stereocenters. The van der Waals surface area contributed by atoms with E-state index in [2.05, 4.69) is 5.32 Å². The average molecular weight is 399 g/mol. The van der Waals surface area contributed by atoms with Crippen molar-refractivity contribution in [2.24, 2.45) is 0 Å². The van der Waals surface area contributed by atoms with Crippen molar-refractivity contribution in [3.63, 3.8) is 0 Å². The molecule has 0 saturated heterocycles. The fourth-order valence-electron chi connectivity index (χ4n) is 2.68. The number of aliphatic carboxylic acids is 1. The normalized spacial score (nSPS) is 12.3. The van der Waals surface area contributed by atoms with Gasteiger partial charge in [0.1, 0.15) is 18.4 Å². The van der Waals surface area contributed by atoms with Crippen LogP contribution in [0.5, 0.6) is 5.75 Å². The number of aryl methyl sites for hydroxylation is 1. The lowest BCUT2D eigenvalue weighted by Gasteiger charge is -2.21. The summed E-state index contributed by atoms with van der Waals surface area (Å²) in [5, 5.41) is 11.9. The van der Waals surface area contributed by atoms with Gasteiger partial charge in [-0.15, -0.1) is 0 Å². The summed E-state index contributed by atoms with van der Waals surface area (Å²) in [4.78, 5) is 24.0. The van der Waals surface area contributed by atoms with Crippen LogP contribution in [0.4, 0.5) is 0 Å². The Hall–Kier alpha value is -2.86. The maximum absolute atomic E-state index is 12.5. The van der Waals surface area contributed by atoms with E-state index in [-0.39, 0.29) is 18.6 Å². The Bertz CT molecular complexity index is 841. The number of carbonyl (C=O) groups excluding carboxylic acids is 1. The third-order valence-electron chi connectivity index (χ3n) is 4.13. The maximum Gasteiger partial charge on any atom is 0.326 e. The van der Waals surface area contributed by atoms with Crippen LogP contribution in [-0.4, -0.2) is 35.2 Å². The Balaban J connectivity index is 1.96. The highest BCUT2D eigenvalue weighted by Crippen LogP contribution is 2.16. The maximum atomic E-state index is 12.5. The van der Waals surface area contributed by atoms with Crippen LogP contribution >= 0.6 is 0 Å². The van der Waals surface area contributed by atoms with E-state index in [1.165, 1.54) is 0 Å². The Labute approximate surface area is 171 Å². The van der Waals surface area contributed by atoms with E-state index in [0.29, 0.717) is 17.9 Å². The Morgan fingerprint density at radius 1 is 1.10 bits per heavy atom. The molecule has 0 bridgehead atoms. The number of carboxylic acid groups (broad SMARTS) is 1. The molecule has 2 N–H and O–H groups in total. The van der Waals surface area contributed by atoms with Crippen LogP contribution in [-0.2, 0) is 16.1 Å². The van der Waals surface area contributed by atoms with Gasteiger partial charge in [-0.05, 0) is 51.5 Å². The average Bonchev–Trinajstić information content (AvgIpc) is 2.64. The monoisotopic (exact) mass is 399 g/mol. The molecular formula is C23H29NO5. The second kappa shape index (κ2) is 10.1. The molecule has 1 atom stereocenters. The molecule has 2 aromatic rings. The Morgan fingerprint density at radius 2 is 1.83 bits per heavy atom. The third-order valence-corrected chi connectivity index (χ3v) is 4.13. The largest absolute Gasteiger partial charge is 0.489 e. The molecule has 2 rings (SSSR count). The molecule has 156 valence electrons. The predicted octanol–water partition coefficient (Wildman–Crippen LogP) is 3.96. The Kier molecular flexibility index (Phi) is 7.79. The third kappa shape index (κ3) is 7.95. The lowest BCUT2D eigenvalue weighted by atomic mass is 10.1. The van der Waals surface area contributed by atoms with Gasteiger partial charge in [-0.2, -0.15) is 0 Å². The number of amides is 1. The lowest BCUT2D eigenvalue weighted by Crippen LogP contribution is -2.42. The number of benzene rings is 2. The first-order chi connectivity index (χ1) is 13.6. The van der Waals surface area contributed by atoms with Gasteiger partial charge in [0.15, 0.2) is 0 Å². The number of rotatable bonds is 9. The highest BCUT2D eigenvalue weighted by Gasteiger charge is 2.22. The minimum Gasteiger partial charge on any atom is -0.489 e. The minimum absolute atomic E-state index is 0.182. The van der Waals surface area contributed by atoms with E-state index >= 15 is 0 Å². The smallest absolute Gasteiger partial charge is 0.326 e. The van der Waals surface area contributed by atoms with Gasteiger partial charge in [-0.3, -0.25) is 4.79 Å². The first kappa shape index (κ1) is 22.4. The first-order valence-electron chi connectivity index (χ1n) is 9.60. The molecule has 0 spiro atoms. The van der Waals surface area contributed by atoms with Crippen molar-refractivity contribution in [3.05, 3.63) is 65.2 Å². The van der Waals surface area contributed by atoms with Gasteiger partial charge in [0.2, 0.25) is 0 Å². The highest BCUT2D eigenvalue weighted by atomic mass is 16.5. The zero-order chi connectivity index (χ0) is 21.4. The fraction of sp³-hybridized carbons (Fsp3) is 0.391. The van der Waals surface area contributed by atoms with Crippen molar-refractivity contribution in [2.75, 3.05) is 6.61 Å². The number of hydrogen-bond donors (Lipinski definition) is 2. The summed E-state index contributed by atoms with van der Waals surface area (Å²) in [5.41, 5.74) is 2.16. The quantitative estimate of drug-likeness (QED) is 0.667. The number of carbonyl (C=O) groups is 2. The van der Waals surface area contributed by atoms with E-state index in [9.17, 15) is 14.7 Å². The van der Waals surface area contributed by atoms with Crippen molar-refractivity contribution < 1.29 is 24.2 Å². The fourth-order valence-corrected chi connectivity index (χ4v) is 2.68. The van der Waals surface area contributed by atoms with Gasteiger partial charge in [-0.1, -0.05) is 35.9 Å². The van der Waals surface area contributed by atoms with Crippen molar-refractivity contribution in [2.45, 2.75) is 52.4 Å². The molecule has 6 heteroatoms. The van der Waals surface area contributed by atoms with E-state index < -0.39 is 17.9 Å². The van der Waals surface area contributed by atoms with E-state index in [1.807, 2.05) is 52.0 Å². The second-order valence-electron chi connectivity index (χ2n) is 7.92. The van der Waals surface area contributed by atoms with Crippen LogP contribution < -0.4 is 10.1 Å². The van der Waals surface area contributed by atoms with E-state index in [0.717, 1.165) is 11.1 Å². The lowest BCUT2D eigenvalue weighted by molar-refractivity contribution is -0.140. The molecule has 1 amide bonds. The second-order valence-corrected chi connectivity index (χ2v) is 7.92. The molecule has 0 heterocycles. The summed E-state index contributed by atoms with van der Waals surface area (Å²) in [6.07, 6.45) is 0.182. The molecule has 29 heavy (non-hydrogen) atoms. The minimum atomic E-state index is -1.09. The van der Waals surface area contributed by atoms with Gasteiger partial charge in [-0.25, -0.2) is 4.79 Å². The molecular weight excluding hydrogens is 370 g/mol. The molecule has 0 saturated carbocycles. The molecule has 0 aliphatic heterocycles. The molecule has 0 radical (unpaired) electrons. The molecule has 0 aliphatic rings. The van der Waals surface area contributed by atoms with Gasteiger partial charge in [0.25, 0.3) is 5.91 Å². The molecule has 0 aromatic heterocycles. The SMILES string of the molecule is Cc1cccc(COc2cccc(C(=O)NC(CCOC(C)(C)C)C(=O)O)c2)c1. The van der Waals surface area contributed by atoms with Gasteiger partial charge in [0, 0.05) is 18.6 Å². The number of hydrogen-bond acceptors (Lipinski definition) is 4. The number of ether oxygens (including phenoxy) is 2. The van der Waals surface area contributed by atoms with Crippen LogP contribution in [0.3, 0.4) is 0 Å². The van der Waals surface area contributed by atoms with Crippen molar-refractivity contribution >= 4 is 11.9 Å². The first-order valence-corrected chi connectivity index (χ1v) is 9.60. The van der Waals surface area contributed by atoms with Crippen LogP contribution in [0.25, 0.3) is 0 Å². The predicted molar refractivity (Wildman–Crippen MR) is 111 cm³/mol. The summed E-state index contributed by atoms with van der Waals surface area (Å²) in [6, 6.07) is 13.7. The van der Waals surface area contributed by atoms with Crippen LogP contribution in [0.2, 0.25) is 0 Å². The summed E-state index contributed by atoms with van der Waals surface area (Å²) in [5.74, 6) is -1.01. The number of nitrogens with one attached hydrogen (secondary N) is 1. The van der Waals surface area contributed by atoms with Crippen LogP contribution in [0, 0.1) is 6.92 Å². The van der Waals surface area contributed by atoms with Crippen LogP contribution in [0.15, 0.2) is 48.5 Å². The van der Waals surface area contributed by atoms with Gasteiger partial charge >= 0.3 is 5.97 Å². The van der Waals surface area contributed by atoms with E-state index in [4.69, 9.17) is 9.47 Å². The topological polar surface area (TPSA) is 84.9 Å². The molecule has 6 nitrogen and oxygen atoms in total. The van der Waals surface area contributed by atoms with Gasteiger partial charge < -0.3 is 19.9 Å². The zero-order valence-corrected chi connectivity index (χ0v) is 17.4. The highest BCUT2D eigenvalue weighted by molar-refractivity contribution is 5.96. The standard InChI is InChI=1S/C23H29NO5/c1-16-7-5-8-17(13-16)15-28-19-10-6-9-18(14-19)21(25)24-20(22(26)27)11-12-29-23(2,3)4/h5-10,13-14,20H,11-12,15H2,1-4H3,(H,24,25)(H,26,27).